The molecule has 0 aliphatic carbocycles. The molecule has 1 aliphatic heterocycles. The molecule has 0 saturated carbocycles. The molecule has 1 unspecified atom stereocenters. The second-order valence-corrected chi connectivity index (χ2v) is 6.42. The molecule has 16 heavy (non-hydrogen) atoms. The van der Waals surface area contributed by atoms with Crippen LogP contribution in [0.2, 0.25) is 0 Å². The van der Waals surface area contributed by atoms with Crippen LogP contribution in [-0.2, 0) is 14.8 Å². The summed E-state index contributed by atoms with van der Waals surface area (Å²) < 4.78 is 31.5. The zero-order chi connectivity index (χ0) is 12.0. The van der Waals surface area contributed by atoms with Gasteiger partial charge in [0.1, 0.15) is 0 Å². The Morgan fingerprint density at radius 2 is 2.06 bits per heavy atom. The number of nitrogens with two attached hydrogens (primary N) is 1. The van der Waals surface area contributed by atoms with Crippen molar-refractivity contribution < 1.29 is 13.2 Å². The molecule has 1 rings (SSSR count). The van der Waals surface area contributed by atoms with Crippen molar-refractivity contribution in [3.05, 3.63) is 0 Å². The fourth-order valence-electron chi connectivity index (χ4n) is 1.74. The summed E-state index contributed by atoms with van der Waals surface area (Å²) in [5.74, 6) is 0. The van der Waals surface area contributed by atoms with Gasteiger partial charge in [-0.1, -0.05) is 0 Å². The van der Waals surface area contributed by atoms with Crippen LogP contribution in [0.1, 0.15) is 32.6 Å². The Morgan fingerprint density at radius 1 is 1.44 bits per heavy atom. The molecule has 0 bridgehead atoms. The molecular weight excluding hydrogens is 228 g/mol. The summed E-state index contributed by atoms with van der Waals surface area (Å²) in [7, 11) is -3.15. The molecule has 96 valence electrons. The van der Waals surface area contributed by atoms with Crippen molar-refractivity contribution >= 4 is 10.0 Å². The van der Waals surface area contributed by atoms with Crippen molar-refractivity contribution in [1.82, 2.24) is 4.72 Å². The monoisotopic (exact) mass is 250 g/mol. The highest BCUT2D eigenvalue weighted by atomic mass is 32.2. The average molecular weight is 250 g/mol. The van der Waals surface area contributed by atoms with Gasteiger partial charge in [0, 0.05) is 25.8 Å². The number of ether oxygens (including phenoxy) is 1. The number of rotatable bonds is 6. The number of hydrogen-bond acceptors (Lipinski definition) is 4. The fourth-order valence-corrected chi connectivity index (χ4v) is 3.22. The molecular formula is C10H22N2O3S. The second kappa shape index (κ2) is 6.54. The predicted octanol–water partition coefficient (Wildman–Crippen LogP) is 0.212. The quantitative estimate of drug-likeness (QED) is 0.660. The lowest BCUT2D eigenvalue weighted by Crippen LogP contribution is -2.38. The van der Waals surface area contributed by atoms with E-state index in [1.54, 1.807) is 0 Å². The summed E-state index contributed by atoms with van der Waals surface area (Å²) >= 11 is 0. The first-order valence-electron chi connectivity index (χ1n) is 5.84. The van der Waals surface area contributed by atoms with Gasteiger partial charge in [0.05, 0.1) is 5.25 Å². The topological polar surface area (TPSA) is 81.4 Å². The summed E-state index contributed by atoms with van der Waals surface area (Å²) in [5.41, 5.74) is 5.59. The van der Waals surface area contributed by atoms with Gasteiger partial charge in [-0.05, 0) is 32.6 Å². The van der Waals surface area contributed by atoms with Crippen LogP contribution in [0.25, 0.3) is 0 Å². The minimum atomic E-state index is -3.15. The van der Waals surface area contributed by atoms with E-state index in [0.29, 0.717) is 32.6 Å². The first-order chi connectivity index (χ1) is 7.52. The minimum Gasteiger partial charge on any atom is -0.381 e. The number of nitrogens with one attached hydrogen (secondary N) is 1. The zero-order valence-corrected chi connectivity index (χ0v) is 10.6. The van der Waals surface area contributed by atoms with Crippen molar-refractivity contribution in [2.45, 2.75) is 43.9 Å². The van der Waals surface area contributed by atoms with Gasteiger partial charge < -0.3 is 10.5 Å². The SMILES string of the molecule is CC(N)CCCNS(=O)(=O)C1CCOCC1. The van der Waals surface area contributed by atoms with E-state index in [9.17, 15) is 8.42 Å². The molecule has 0 aromatic rings. The van der Waals surface area contributed by atoms with Crippen molar-refractivity contribution in [3.8, 4) is 0 Å². The van der Waals surface area contributed by atoms with Crippen LogP contribution >= 0.6 is 0 Å². The van der Waals surface area contributed by atoms with Gasteiger partial charge in [-0.25, -0.2) is 13.1 Å². The molecule has 3 N–H and O–H groups in total. The smallest absolute Gasteiger partial charge is 0.214 e. The number of hydrogen-bond donors (Lipinski definition) is 2. The van der Waals surface area contributed by atoms with Crippen molar-refractivity contribution in [2.75, 3.05) is 19.8 Å². The van der Waals surface area contributed by atoms with E-state index in [1.165, 1.54) is 0 Å². The van der Waals surface area contributed by atoms with Gasteiger partial charge in [-0.2, -0.15) is 0 Å². The molecule has 0 aromatic heterocycles. The van der Waals surface area contributed by atoms with E-state index >= 15 is 0 Å². The predicted molar refractivity (Wildman–Crippen MR) is 63.6 cm³/mol. The van der Waals surface area contributed by atoms with Crippen LogP contribution in [0, 0.1) is 0 Å². The lowest BCUT2D eigenvalue weighted by atomic mass is 10.2. The highest BCUT2D eigenvalue weighted by Gasteiger charge is 2.26. The molecule has 0 spiro atoms. The highest BCUT2D eigenvalue weighted by molar-refractivity contribution is 7.90. The Morgan fingerprint density at radius 3 is 2.62 bits per heavy atom. The van der Waals surface area contributed by atoms with Gasteiger partial charge in [0.15, 0.2) is 0 Å². The van der Waals surface area contributed by atoms with Gasteiger partial charge in [0.2, 0.25) is 10.0 Å². The summed E-state index contributed by atoms with van der Waals surface area (Å²) in [5, 5.41) is -0.281. The van der Waals surface area contributed by atoms with E-state index in [1.807, 2.05) is 6.92 Å². The first kappa shape index (κ1) is 13.9. The third kappa shape index (κ3) is 4.78. The maximum Gasteiger partial charge on any atom is 0.214 e. The van der Waals surface area contributed by atoms with E-state index in [-0.39, 0.29) is 11.3 Å². The van der Waals surface area contributed by atoms with Crippen LogP contribution in [0.5, 0.6) is 0 Å². The third-order valence-corrected chi connectivity index (χ3v) is 4.70. The van der Waals surface area contributed by atoms with E-state index in [4.69, 9.17) is 10.5 Å². The molecule has 1 heterocycles. The zero-order valence-electron chi connectivity index (χ0n) is 9.81. The molecule has 0 amide bonds. The van der Waals surface area contributed by atoms with Crippen molar-refractivity contribution in [3.63, 3.8) is 0 Å². The normalized spacial score (nSPS) is 20.9. The second-order valence-electron chi connectivity index (χ2n) is 4.37. The molecule has 0 radical (unpaired) electrons. The van der Waals surface area contributed by atoms with Crippen molar-refractivity contribution in [2.24, 2.45) is 5.73 Å². The molecule has 1 atom stereocenters. The van der Waals surface area contributed by atoms with Gasteiger partial charge in [-0.3, -0.25) is 0 Å². The van der Waals surface area contributed by atoms with E-state index in [0.717, 1.165) is 12.8 Å². The van der Waals surface area contributed by atoms with Crippen LogP contribution in [-0.4, -0.2) is 39.5 Å². The Hall–Kier alpha value is -0.170. The first-order valence-corrected chi connectivity index (χ1v) is 7.39. The Labute approximate surface area is 97.8 Å². The highest BCUT2D eigenvalue weighted by Crippen LogP contribution is 2.14. The largest absolute Gasteiger partial charge is 0.381 e. The minimum absolute atomic E-state index is 0.132. The summed E-state index contributed by atoms with van der Waals surface area (Å²) in [4.78, 5) is 0. The summed E-state index contributed by atoms with van der Waals surface area (Å²) in [6.45, 7) is 3.50. The Bertz CT molecular complexity index is 284. The van der Waals surface area contributed by atoms with Crippen LogP contribution in [0.3, 0.4) is 0 Å². The van der Waals surface area contributed by atoms with Gasteiger partial charge in [0.25, 0.3) is 0 Å². The fraction of sp³-hybridized carbons (Fsp3) is 1.00. The molecule has 1 aliphatic rings. The lowest BCUT2D eigenvalue weighted by molar-refractivity contribution is 0.0981. The maximum absolute atomic E-state index is 11.8. The molecule has 1 saturated heterocycles. The van der Waals surface area contributed by atoms with E-state index < -0.39 is 10.0 Å². The molecule has 6 heteroatoms. The van der Waals surface area contributed by atoms with Gasteiger partial charge in [-0.15, -0.1) is 0 Å². The van der Waals surface area contributed by atoms with Crippen LogP contribution in [0.15, 0.2) is 0 Å². The summed E-state index contributed by atoms with van der Waals surface area (Å²) in [6.07, 6.45) is 2.83. The Balaban J connectivity index is 2.27. The van der Waals surface area contributed by atoms with Crippen LogP contribution < -0.4 is 10.5 Å². The standard InChI is InChI=1S/C10H22N2O3S/c1-9(11)3-2-6-12-16(13,14)10-4-7-15-8-5-10/h9-10,12H,2-8,11H2,1H3. The molecule has 1 fully saturated rings. The summed E-state index contributed by atoms with van der Waals surface area (Å²) in [6, 6.07) is 0.132. The maximum atomic E-state index is 11.8. The Kier molecular flexibility index (Phi) is 5.68. The number of sulfonamides is 1. The third-order valence-electron chi connectivity index (χ3n) is 2.75. The molecule has 5 nitrogen and oxygen atoms in total. The van der Waals surface area contributed by atoms with Crippen LogP contribution in [0.4, 0.5) is 0 Å². The lowest BCUT2D eigenvalue weighted by Gasteiger charge is -2.22. The van der Waals surface area contributed by atoms with E-state index in [2.05, 4.69) is 4.72 Å². The molecule has 0 aromatic carbocycles. The van der Waals surface area contributed by atoms with Gasteiger partial charge >= 0.3 is 0 Å². The van der Waals surface area contributed by atoms with Crippen molar-refractivity contribution in [1.29, 1.82) is 0 Å². The average Bonchev–Trinajstić information content (AvgIpc) is 2.26.